The monoisotopic (exact) mass is 338 g/mol. The zero-order chi connectivity index (χ0) is 17.2. The number of halogens is 3. The predicted octanol–water partition coefficient (Wildman–Crippen LogP) is 3.57. The fourth-order valence-electron chi connectivity index (χ4n) is 3.07. The minimum Gasteiger partial charge on any atom is -0.324 e. The van der Waals surface area contributed by atoms with E-state index in [0.717, 1.165) is 0 Å². The Hall–Kier alpha value is -2.38. The van der Waals surface area contributed by atoms with Crippen molar-refractivity contribution in [1.29, 1.82) is 0 Å². The fourth-order valence-corrected chi connectivity index (χ4v) is 3.07. The van der Waals surface area contributed by atoms with Crippen LogP contribution in [0, 0.1) is 11.8 Å². The molecule has 128 valence electrons. The van der Waals surface area contributed by atoms with Gasteiger partial charge in [-0.3, -0.25) is 4.79 Å². The van der Waals surface area contributed by atoms with Crippen molar-refractivity contribution < 1.29 is 18.0 Å². The third-order valence-electron chi connectivity index (χ3n) is 4.28. The quantitative estimate of drug-likeness (QED) is 0.931. The van der Waals surface area contributed by atoms with Gasteiger partial charge in [0.1, 0.15) is 0 Å². The van der Waals surface area contributed by atoms with E-state index in [1.54, 1.807) is 35.3 Å². The molecule has 0 aliphatic heterocycles. The van der Waals surface area contributed by atoms with Crippen LogP contribution in [0.1, 0.15) is 25.7 Å². The maximum atomic E-state index is 13.1. The highest BCUT2D eigenvalue weighted by Gasteiger charge is 2.48. The first-order chi connectivity index (χ1) is 11.4. The number of pyridine rings is 1. The molecule has 0 radical (unpaired) electrons. The van der Waals surface area contributed by atoms with E-state index in [-0.39, 0.29) is 12.8 Å². The van der Waals surface area contributed by atoms with E-state index in [2.05, 4.69) is 15.4 Å². The molecule has 1 saturated carbocycles. The second-order valence-corrected chi connectivity index (χ2v) is 5.88. The first-order valence-corrected chi connectivity index (χ1v) is 7.79. The van der Waals surface area contributed by atoms with Gasteiger partial charge in [-0.15, -0.1) is 0 Å². The lowest BCUT2D eigenvalue weighted by Gasteiger charge is -2.31. The molecule has 3 rings (SSSR count). The zero-order valence-electron chi connectivity index (χ0n) is 12.8. The molecule has 2 aromatic rings. The number of aromatic nitrogens is 3. The van der Waals surface area contributed by atoms with Gasteiger partial charge in [-0.1, -0.05) is 12.8 Å². The summed E-state index contributed by atoms with van der Waals surface area (Å²) < 4.78 is 40.8. The van der Waals surface area contributed by atoms with E-state index in [1.807, 2.05) is 0 Å². The van der Waals surface area contributed by atoms with Gasteiger partial charge in [0.25, 0.3) is 0 Å². The molecule has 0 unspecified atom stereocenters. The SMILES string of the molecule is O=C(Nc1ccc(-n2cccn2)nc1)[C@@H]1CCCC[C@@H]1C(F)(F)F. The molecule has 1 amide bonds. The molecule has 2 atom stereocenters. The third-order valence-corrected chi connectivity index (χ3v) is 4.28. The van der Waals surface area contributed by atoms with Crippen molar-refractivity contribution in [2.45, 2.75) is 31.9 Å². The number of anilines is 1. The van der Waals surface area contributed by atoms with Crippen LogP contribution in [0.2, 0.25) is 0 Å². The number of rotatable bonds is 3. The van der Waals surface area contributed by atoms with Crippen molar-refractivity contribution in [2.24, 2.45) is 11.8 Å². The van der Waals surface area contributed by atoms with Gasteiger partial charge in [0.2, 0.25) is 5.91 Å². The third kappa shape index (κ3) is 3.58. The number of nitrogens with zero attached hydrogens (tertiary/aromatic N) is 3. The van der Waals surface area contributed by atoms with Crippen molar-refractivity contribution in [3.8, 4) is 5.82 Å². The normalized spacial score (nSPS) is 21.5. The smallest absolute Gasteiger partial charge is 0.324 e. The standard InChI is InChI=1S/C16H17F3N4O/c17-16(18,19)13-5-2-1-4-12(13)15(24)22-11-6-7-14(20-10-11)23-9-3-8-21-23/h3,6-10,12-13H,1-2,4-5H2,(H,22,24)/t12-,13+/m1/s1. The summed E-state index contributed by atoms with van der Waals surface area (Å²) in [5, 5.41) is 6.58. The lowest BCUT2D eigenvalue weighted by atomic mass is 9.78. The highest BCUT2D eigenvalue weighted by atomic mass is 19.4. The minimum atomic E-state index is -4.34. The lowest BCUT2D eigenvalue weighted by molar-refractivity contribution is -0.197. The second-order valence-electron chi connectivity index (χ2n) is 5.88. The fraction of sp³-hybridized carbons (Fsp3) is 0.438. The topological polar surface area (TPSA) is 59.8 Å². The summed E-state index contributed by atoms with van der Waals surface area (Å²) in [6, 6.07) is 5.00. The summed E-state index contributed by atoms with van der Waals surface area (Å²) in [6.07, 6.45) is 1.82. The first-order valence-electron chi connectivity index (χ1n) is 7.79. The Kier molecular flexibility index (Phi) is 4.55. The summed E-state index contributed by atoms with van der Waals surface area (Å²) >= 11 is 0. The maximum absolute atomic E-state index is 13.1. The molecular weight excluding hydrogens is 321 g/mol. The Morgan fingerprint density at radius 3 is 2.67 bits per heavy atom. The molecule has 1 aliphatic carbocycles. The Balaban J connectivity index is 1.69. The Morgan fingerprint density at radius 2 is 2.04 bits per heavy atom. The molecule has 0 aromatic carbocycles. The van der Waals surface area contributed by atoms with Crippen LogP contribution in [0.4, 0.5) is 18.9 Å². The molecule has 8 heteroatoms. The van der Waals surface area contributed by atoms with E-state index >= 15 is 0 Å². The van der Waals surface area contributed by atoms with Gasteiger partial charge in [0.05, 0.1) is 17.8 Å². The van der Waals surface area contributed by atoms with Gasteiger partial charge < -0.3 is 5.32 Å². The number of amides is 1. The predicted molar refractivity (Wildman–Crippen MR) is 81.5 cm³/mol. The van der Waals surface area contributed by atoms with Crippen LogP contribution in [-0.2, 0) is 4.79 Å². The molecule has 24 heavy (non-hydrogen) atoms. The average molecular weight is 338 g/mol. The molecule has 0 bridgehead atoms. The highest BCUT2D eigenvalue weighted by Crippen LogP contribution is 2.41. The Morgan fingerprint density at radius 1 is 1.25 bits per heavy atom. The zero-order valence-corrected chi connectivity index (χ0v) is 12.8. The summed E-state index contributed by atoms with van der Waals surface area (Å²) in [5.41, 5.74) is 0.377. The van der Waals surface area contributed by atoms with Crippen LogP contribution in [0.5, 0.6) is 0 Å². The van der Waals surface area contributed by atoms with E-state index in [9.17, 15) is 18.0 Å². The number of nitrogens with one attached hydrogen (secondary N) is 1. The minimum absolute atomic E-state index is 0.0120. The molecule has 2 aromatic heterocycles. The van der Waals surface area contributed by atoms with Gasteiger partial charge in [-0.2, -0.15) is 18.3 Å². The molecule has 1 aliphatic rings. The van der Waals surface area contributed by atoms with E-state index < -0.39 is 23.9 Å². The van der Waals surface area contributed by atoms with Gasteiger partial charge in [-0.05, 0) is 31.0 Å². The van der Waals surface area contributed by atoms with Gasteiger partial charge in [0.15, 0.2) is 5.82 Å². The molecule has 5 nitrogen and oxygen atoms in total. The van der Waals surface area contributed by atoms with Crippen molar-refractivity contribution in [2.75, 3.05) is 5.32 Å². The summed E-state index contributed by atoms with van der Waals surface area (Å²) in [6.45, 7) is 0. The van der Waals surface area contributed by atoms with Crippen molar-refractivity contribution in [3.05, 3.63) is 36.8 Å². The first kappa shape index (κ1) is 16.5. The Bertz CT molecular complexity index is 682. The highest BCUT2D eigenvalue weighted by molar-refractivity contribution is 5.92. The second kappa shape index (κ2) is 6.62. The number of hydrogen-bond donors (Lipinski definition) is 1. The summed E-state index contributed by atoms with van der Waals surface area (Å²) in [4.78, 5) is 16.4. The largest absolute Gasteiger partial charge is 0.392 e. The lowest BCUT2D eigenvalue weighted by Crippen LogP contribution is -2.39. The van der Waals surface area contributed by atoms with Gasteiger partial charge in [-0.25, -0.2) is 9.67 Å². The van der Waals surface area contributed by atoms with E-state index in [1.165, 1.54) is 6.20 Å². The van der Waals surface area contributed by atoms with Gasteiger partial charge in [0, 0.05) is 18.3 Å². The Labute approximate surface area is 136 Å². The van der Waals surface area contributed by atoms with Gasteiger partial charge >= 0.3 is 6.18 Å². The molecule has 0 spiro atoms. The summed E-state index contributed by atoms with van der Waals surface area (Å²) in [5.74, 6) is -2.64. The molecule has 0 saturated heterocycles. The van der Waals surface area contributed by atoms with Crippen molar-refractivity contribution >= 4 is 11.6 Å². The van der Waals surface area contributed by atoms with Crippen LogP contribution in [-0.4, -0.2) is 26.8 Å². The van der Waals surface area contributed by atoms with E-state index in [4.69, 9.17) is 0 Å². The number of hydrogen-bond acceptors (Lipinski definition) is 3. The maximum Gasteiger partial charge on any atom is 0.392 e. The summed E-state index contributed by atoms with van der Waals surface area (Å²) in [7, 11) is 0. The molecular formula is C16H17F3N4O. The van der Waals surface area contributed by atoms with Crippen LogP contribution < -0.4 is 5.32 Å². The molecule has 2 heterocycles. The average Bonchev–Trinajstić information content (AvgIpc) is 3.09. The van der Waals surface area contributed by atoms with Crippen molar-refractivity contribution in [1.82, 2.24) is 14.8 Å². The van der Waals surface area contributed by atoms with Crippen molar-refractivity contribution in [3.63, 3.8) is 0 Å². The number of carbonyl (C=O) groups excluding carboxylic acids is 1. The number of alkyl halides is 3. The molecule has 1 fully saturated rings. The number of carbonyl (C=O) groups is 1. The van der Waals surface area contributed by atoms with E-state index in [0.29, 0.717) is 24.3 Å². The van der Waals surface area contributed by atoms with Crippen LogP contribution in [0.3, 0.4) is 0 Å². The van der Waals surface area contributed by atoms with Crippen LogP contribution in [0.25, 0.3) is 5.82 Å². The molecule has 1 N–H and O–H groups in total. The van der Waals surface area contributed by atoms with Crippen LogP contribution in [0.15, 0.2) is 36.8 Å². The van der Waals surface area contributed by atoms with Crippen LogP contribution >= 0.6 is 0 Å².